The van der Waals surface area contributed by atoms with Crippen molar-refractivity contribution in [3.05, 3.63) is 16.4 Å². The molecule has 0 spiro atoms. The first kappa shape index (κ1) is 11.7. The molecule has 80 valence electrons. The molecule has 0 bridgehead atoms. The van der Waals surface area contributed by atoms with Crippen LogP contribution in [0.15, 0.2) is 10.7 Å². The fourth-order valence-electron chi connectivity index (χ4n) is 1.64. The van der Waals surface area contributed by atoms with Crippen LogP contribution >= 0.6 is 15.9 Å². The van der Waals surface area contributed by atoms with E-state index < -0.39 is 0 Å². The Morgan fingerprint density at radius 1 is 1.57 bits per heavy atom. The molecule has 1 aromatic heterocycles. The van der Waals surface area contributed by atoms with Gasteiger partial charge in [-0.15, -0.1) is 0 Å². The van der Waals surface area contributed by atoms with Crippen molar-refractivity contribution in [2.75, 3.05) is 6.54 Å². The molecule has 0 amide bonds. The van der Waals surface area contributed by atoms with Gasteiger partial charge in [0.05, 0.1) is 22.4 Å². The first-order chi connectivity index (χ1) is 6.57. The van der Waals surface area contributed by atoms with E-state index in [2.05, 4.69) is 47.1 Å². The van der Waals surface area contributed by atoms with Crippen LogP contribution in [0.1, 0.15) is 32.5 Å². The summed E-state index contributed by atoms with van der Waals surface area (Å²) in [6.07, 6.45) is 1.85. The number of hydrogen-bond acceptors (Lipinski definition) is 2. The number of nitrogens with one attached hydrogen (secondary N) is 1. The largest absolute Gasteiger partial charge is 0.309 e. The molecule has 0 saturated heterocycles. The molecule has 1 aromatic rings. The van der Waals surface area contributed by atoms with Crippen molar-refractivity contribution < 1.29 is 0 Å². The van der Waals surface area contributed by atoms with E-state index in [4.69, 9.17) is 0 Å². The Morgan fingerprint density at radius 2 is 2.21 bits per heavy atom. The van der Waals surface area contributed by atoms with Crippen molar-refractivity contribution in [3.63, 3.8) is 0 Å². The minimum absolute atomic E-state index is 0.363. The maximum absolute atomic E-state index is 4.23. The molecule has 0 radical (unpaired) electrons. The Bertz CT molecular complexity index is 274. The number of aryl methyl sites for hydroxylation is 1. The number of rotatable bonds is 4. The lowest BCUT2D eigenvalue weighted by molar-refractivity contribution is 0.397. The normalized spacial score (nSPS) is 13.6. The van der Waals surface area contributed by atoms with E-state index in [-0.39, 0.29) is 0 Å². The van der Waals surface area contributed by atoms with Crippen molar-refractivity contribution in [2.24, 2.45) is 13.0 Å². The highest BCUT2D eigenvalue weighted by Crippen LogP contribution is 2.27. The van der Waals surface area contributed by atoms with Crippen LogP contribution < -0.4 is 5.32 Å². The minimum Gasteiger partial charge on any atom is -0.309 e. The van der Waals surface area contributed by atoms with Crippen LogP contribution in [-0.4, -0.2) is 16.3 Å². The quantitative estimate of drug-likeness (QED) is 0.901. The van der Waals surface area contributed by atoms with Gasteiger partial charge >= 0.3 is 0 Å². The lowest BCUT2D eigenvalue weighted by Gasteiger charge is -2.22. The summed E-state index contributed by atoms with van der Waals surface area (Å²) in [5.41, 5.74) is 1.22. The predicted octanol–water partition coefficient (Wildman–Crippen LogP) is 2.49. The summed E-state index contributed by atoms with van der Waals surface area (Å²) in [7, 11) is 1.98. The molecule has 0 fully saturated rings. The number of hydrogen-bond donors (Lipinski definition) is 1. The summed E-state index contributed by atoms with van der Waals surface area (Å²) in [4.78, 5) is 0. The van der Waals surface area contributed by atoms with E-state index in [0.717, 1.165) is 11.0 Å². The lowest BCUT2D eigenvalue weighted by Crippen LogP contribution is -2.27. The summed E-state index contributed by atoms with van der Waals surface area (Å²) in [6.45, 7) is 7.53. The summed E-state index contributed by atoms with van der Waals surface area (Å²) < 4.78 is 3.01. The van der Waals surface area contributed by atoms with E-state index >= 15 is 0 Å². The third kappa shape index (κ3) is 2.36. The molecule has 1 unspecified atom stereocenters. The molecule has 3 nitrogen and oxygen atoms in total. The molecule has 0 saturated carbocycles. The maximum atomic E-state index is 4.23. The first-order valence-electron chi connectivity index (χ1n) is 4.98. The second kappa shape index (κ2) is 4.94. The Labute approximate surface area is 94.0 Å². The zero-order valence-corrected chi connectivity index (χ0v) is 10.8. The van der Waals surface area contributed by atoms with Gasteiger partial charge in [-0.2, -0.15) is 5.10 Å². The van der Waals surface area contributed by atoms with Crippen LogP contribution in [0.3, 0.4) is 0 Å². The Hall–Kier alpha value is -0.350. The van der Waals surface area contributed by atoms with E-state index in [1.807, 2.05) is 17.9 Å². The molecule has 0 aliphatic rings. The average molecular weight is 260 g/mol. The Kier molecular flexibility index (Phi) is 4.13. The summed E-state index contributed by atoms with van der Waals surface area (Å²) in [5.74, 6) is 0.557. The molecule has 0 aliphatic heterocycles. The number of nitrogens with zero attached hydrogens (tertiary/aromatic N) is 2. The zero-order valence-electron chi connectivity index (χ0n) is 9.21. The van der Waals surface area contributed by atoms with Crippen LogP contribution in [0.2, 0.25) is 0 Å². The molecule has 1 rings (SSSR count). The molecule has 1 N–H and O–H groups in total. The van der Waals surface area contributed by atoms with E-state index in [1.165, 1.54) is 5.69 Å². The van der Waals surface area contributed by atoms with Gasteiger partial charge in [0.15, 0.2) is 0 Å². The summed E-state index contributed by atoms with van der Waals surface area (Å²) >= 11 is 3.53. The Balaban J connectivity index is 2.98. The predicted molar refractivity (Wildman–Crippen MR) is 62.2 cm³/mol. The smallest absolute Gasteiger partial charge is 0.0694 e. The third-order valence-electron chi connectivity index (χ3n) is 2.32. The molecule has 0 aliphatic carbocycles. The van der Waals surface area contributed by atoms with E-state index in [1.54, 1.807) is 0 Å². The van der Waals surface area contributed by atoms with Gasteiger partial charge in [0.1, 0.15) is 0 Å². The van der Waals surface area contributed by atoms with Crippen molar-refractivity contribution in [1.82, 2.24) is 15.1 Å². The summed E-state index contributed by atoms with van der Waals surface area (Å²) in [5, 5.41) is 7.71. The molecular weight excluding hydrogens is 242 g/mol. The van der Waals surface area contributed by atoms with E-state index in [9.17, 15) is 0 Å². The van der Waals surface area contributed by atoms with Crippen molar-refractivity contribution >= 4 is 15.9 Å². The van der Waals surface area contributed by atoms with Crippen molar-refractivity contribution in [3.8, 4) is 0 Å². The molecule has 14 heavy (non-hydrogen) atoms. The van der Waals surface area contributed by atoms with Crippen LogP contribution in [0, 0.1) is 5.92 Å². The van der Waals surface area contributed by atoms with Crippen LogP contribution in [0.4, 0.5) is 0 Å². The second-order valence-corrected chi connectivity index (χ2v) is 4.64. The number of halogens is 1. The SMILES string of the molecule is CCNC(c1c(Br)cnn1C)C(C)C. The van der Waals surface area contributed by atoms with Gasteiger partial charge in [0.2, 0.25) is 0 Å². The van der Waals surface area contributed by atoms with Crippen LogP contribution in [0.5, 0.6) is 0 Å². The van der Waals surface area contributed by atoms with Gasteiger partial charge in [0.25, 0.3) is 0 Å². The van der Waals surface area contributed by atoms with Crippen molar-refractivity contribution in [2.45, 2.75) is 26.8 Å². The lowest BCUT2D eigenvalue weighted by atomic mass is 10.0. The van der Waals surface area contributed by atoms with Crippen molar-refractivity contribution in [1.29, 1.82) is 0 Å². The van der Waals surface area contributed by atoms with Gasteiger partial charge in [-0.3, -0.25) is 4.68 Å². The van der Waals surface area contributed by atoms with Gasteiger partial charge in [-0.1, -0.05) is 20.8 Å². The fraction of sp³-hybridized carbons (Fsp3) is 0.700. The topological polar surface area (TPSA) is 29.9 Å². The monoisotopic (exact) mass is 259 g/mol. The molecular formula is C10H18BrN3. The highest BCUT2D eigenvalue weighted by atomic mass is 79.9. The zero-order chi connectivity index (χ0) is 10.7. The number of aromatic nitrogens is 2. The minimum atomic E-state index is 0.363. The highest BCUT2D eigenvalue weighted by Gasteiger charge is 2.20. The molecule has 0 aromatic carbocycles. The third-order valence-corrected chi connectivity index (χ3v) is 2.93. The second-order valence-electron chi connectivity index (χ2n) is 3.78. The standard InChI is InChI=1S/C10H18BrN3/c1-5-12-9(7(2)3)10-8(11)6-13-14(10)4/h6-7,9,12H,5H2,1-4H3. The molecule has 1 heterocycles. The van der Waals surface area contributed by atoms with Crippen LogP contribution in [0.25, 0.3) is 0 Å². The van der Waals surface area contributed by atoms with E-state index in [0.29, 0.717) is 12.0 Å². The van der Waals surface area contributed by atoms with Gasteiger partial charge < -0.3 is 5.32 Å². The van der Waals surface area contributed by atoms with Gasteiger partial charge in [-0.25, -0.2) is 0 Å². The molecule has 4 heteroatoms. The summed E-state index contributed by atoms with van der Waals surface area (Å²) in [6, 6.07) is 0.363. The van der Waals surface area contributed by atoms with Gasteiger partial charge in [0, 0.05) is 7.05 Å². The van der Waals surface area contributed by atoms with Crippen LogP contribution in [-0.2, 0) is 7.05 Å². The maximum Gasteiger partial charge on any atom is 0.0694 e. The average Bonchev–Trinajstić information content (AvgIpc) is 2.43. The highest BCUT2D eigenvalue weighted by molar-refractivity contribution is 9.10. The van der Waals surface area contributed by atoms with Gasteiger partial charge in [-0.05, 0) is 28.4 Å². The fourth-order valence-corrected chi connectivity index (χ4v) is 2.23. The molecule has 1 atom stereocenters. The Morgan fingerprint density at radius 3 is 2.57 bits per heavy atom. The first-order valence-corrected chi connectivity index (χ1v) is 5.78.